The van der Waals surface area contributed by atoms with Crippen LogP contribution in [0.15, 0.2) is 252 Å². The number of allylic oxidation sites excluding steroid dienone is 5. The van der Waals surface area contributed by atoms with Crippen LogP contribution < -0.4 is 0 Å². The topological polar surface area (TPSA) is 35.1 Å². The van der Waals surface area contributed by atoms with Gasteiger partial charge in [0.05, 0.1) is 33.1 Å². The summed E-state index contributed by atoms with van der Waals surface area (Å²) >= 11 is 0. The molecular weight excluding hydrogens is 961 g/mol. The smallest absolute Gasteiger partial charge is 0.136 e. The predicted molar refractivity (Wildman–Crippen MR) is 335 cm³/mol. The second kappa shape index (κ2) is 15.6. The van der Waals surface area contributed by atoms with Crippen molar-refractivity contribution >= 4 is 147 Å². The maximum absolute atomic E-state index is 6.56. The number of aromatic nitrogens is 2. The zero-order valence-electron chi connectivity index (χ0n) is 42.9. The third-order valence-corrected chi connectivity index (χ3v) is 17.4. The second-order valence-electron chi connectivity index (χ2n) is 21.4. The van der Waals surface area contributed by atoms with Crippen LogP contribution in [0, 0.1) is 0 Å². The molecule has 0 radical (unpaired) electrons. The molecule has 0 saturated carbocycles. The summed E-state index contributed by atoms with van der Waals surface area (Å²) in [4.78, 5) is 0. The van der Waals surface area contributed by atoms with Crippen LogP contribution in [-0.4, -0.2) is 8.80 Å². The van der Waals surface area contributed by atoms with Gasteiger partial charge in [-0.05, 0) is 123 Å². The van der Waals surface area contributed by atoms with Crippen LogP contribution in [0.1, 0.15) is 12.5 Å². The summed E-state index contributed by atoms with van der Waals surface area (Å²) in [5.41, 5.74) is 20.1. The monoisotopic (exact) mass is 1000 g/mol. The average molecular weight is 1010 g/mol. The first-order valence-electron chi connectivity index (χ1n) is 27.2. The van der Waals surface area contributed by atoms with Gasteiger partial charge in [-0.3, -0.25) is 0 Å². The standard InChI is InChI=1S/C75H44N2O2/c1-3-16-42(17-4-2)66-70-54-32-30-50(48-28-34-62-56(38-48)58-36-44-20-8-10-22-46(44)40-64(58)78-62)68-53-25-13-15-27-61(53)77(72(54)68)75(70)67(43-18-6-5-7-19-43)71-55-33-31-51(69-52-24-12-14-26-60(52)76(73(55)69)74(66)71)49-29-35-63-57(39-49)59-37-45-21-9-11-23-47(45)41-65(59)79-63/h3-41H,1H2,2H3/b17-4-,42-16+. The Bertz CT molecular complexity index is 5600. The SMILES string of the molecule is C=C/C=C(\C=C/C)c1c2c3ccc(-c4ccc5oc6cc7ccccc7cc6c5c4)c4c5ccccc5n(c2c(-c2ccccc2)c2c5ccc(-c6ccc7oc8cc9ccccc9cc8c7c6)c6c7ccccc7n(c12)c56)c34. The Morgan fingerprint density at radius 1 is 0.380 bits per heavy atom. The van der Waals surface area contributed by atoms with Crippen LogP contribution in [-0.2, 0) is 0 Å². The predicted octanol–water partition coefficient (Wildman–Crippen LogP) is 21.2. The minimum absolute atomic E-state index is 0.888. The van der Waals surface area contributed by atoms with Crippen LogP contribution >= 0.6 is 0 Å². The van der Waals surface area contributed by atoms with E-state index in [-0.39, 0.29) is 0 Å². The molecule has 4 nitrogen and oxygen atoms in total. The molecule has 0 aliphatic heterocycles. The van der Waals surface area contributed by atoms with Gasteiger partial charge >= 0.3 is 0 Å². The third-order valence-electron chi connectivity index (χ3n) is 17.4. The maximum Gasteiger partial charge on any atom is 0.136 e. The van der Waals surface area contributed by atoms with E-state index in [9.17, 15) is 0 Å². The van der Waals surface area contributed by atoms with Crippen LogP contribution in [0.3, 0.4) is 0 Å². The summed E-state index contributed by atoms with van der Waals surface area (Å²) < 4.78 is 18.3. The first-order chi connectivity index (χ1) is 39.1. The van der Waals surface area contributed by atoms with Crippen molar-refractivity contribution in [1.29, 1.82) is 0 Å². The zero-order valence-corrected chi connectivity index (χ0v) is 42.9. The lowest BCUT2D eigenvalue weighted by Crippen LogP contribution is -1.95. The maximum atomic E-state index is 6.56. The molecule has 0 spiro atoms. The number of para-hydroxylation sites is 2. The van der Waals surface area contributed by atoms with Crippen molar-refractivity contribution in [3.63, 3.8) is 0 Å². The number of furan rings is 2. The molecule has 6 aromatic heterocycles. The van der Waals surface area contributed by atoms with Crippen LogP contribution in [0.4, 0.5) is 0 Å². The molecule has 79 heavy (non-hydrogen) atoms. The number of nitrogens with zero attached hydrogens (tertiary/aromatic N) is 2. The lowest BCUT2D eigenvalue weighted by Gasteiger charge is -2.16. The van der Waals surface area contributed by atoms with E-state index in [0.29, 0.717) is 0 Å². The highest BCUT2D eigenvalue weighted by atomic mass is 16.3. The van der Waals surface area contributed by atoms with Crippen molar-refractivity contribution in [2.75, 3.05) is 0 Å². The van der Waals surface area contributed by atoms with Gasteiger partial charge in [-0.15, -0.1) is 0 Å². The highest BCUT2D eigenvalue weighted by molar-refractivity contribution is 6.38. The molecule has 0 fully saturated rings. The van der Waals surface area contributed by atoms with Gasteiger partial charge in [-0.2, -0.15) is 0 Å². The third kappa shape index (κ3) is 5.61. The number of benzene rings is 12. The minimum atomic E-state index is 0.888. The van der Waals surface area contributed by atoms with Crippen molar-refractivity contribution < 1.29 is 8.83 Å². The normalized spacial score (nSPS) is 12.9. The summed E-state index contributed by atoms with van der Waals surface area (Å²) in [5, 5.41) is 19.0. The Morgan fingerprint density at radius 2 is 0.861 bits per heavy atom. The van der Waals surface area contributed by atoms with Crippen LogP contribution in [0.5, 0.6) is 0 Å². The Morgan fingerprint density at radius 3 is 1.41 bits per heavy atom. The van der Waals surface area contributed by atoms with E-state index < -0.39 is 0 Å². The molecule has 0 aliphatic rings. The molecule has 6 heterocycles. The molecule has 0 bridgehead atoms. The number of rotatable bonds is 6. The number of fused-ring (bicyclic) bond motifs is 20. The Kier molecular flexibility index (Phi) is 8.44. The molecule has 0 saturated heterocycles. The van der Waals surface area contributed by atoms with E-state index in [2.05, 4.69) is 253 Å². The largest absolute Gasteiger partial charge is 0.456 e. The molecule has 366 valence electrons. The summed E-state index contributed by atoms with van der Waals surface area (Å²) in [6.07, 6.45) is 8.59. The molecule has 0 N–H and O–H groups in total. The van der Waals surface area contributed by atoms with Crippen LogP contribution in [0.2, 0.25) is 0 Å². The van der Waals surface area contributed by atoms with Crippen molar-refractivity contribution in [1.82, 2.24) is 8.80 Å². The fraction of sp³-hybridized carbons (Fsp3) is 0.0133. The number of hydrogen-bond acceptors (Lipinski definition) is 2. The van der Waals surface area contributed by atoms with Gasteiger partial charge in [0.1, 0.15) is 22.3 Å². The van der Waals surface area contributed by atoms with Gasteiger partial charge in [0, 0.05) is 75.8 Å². The van der Waals surface area contributed by atoms with E-state index in [1.54, 1.807) is 0 Å². The van der Waals surface area contributed by atoms with E-state index in [1.165, 1.54) is 126 Å². The molecule has 18 aromatic rings. The molecule has 0 atom stereocenters. The van der Waals surface area contributed by atoms with Crippen LogP contribution in [0.25, 0.3) is 181 Å². The fourth-order valence-electron chi connectivity index (χ4n) is 14.2. The van der Waals surface area contributed by atoms with E-state index >= 15 is 0 Å². The lowest BCUT2D eigenvalue weighted by molar-refractivity contribution is 0.669. The minimum Gasteiger partial charge on any atom is -0.456 e. The highest BCUT2D eigenvalue weighted by Crippen LogP contribution is 2.55. The summed E-state index contributed by atoms with van der Waals surface area (Å²) in [5.74, 6) is 0. The molecule has 0 unspecified atom stereocenters. The Balaban J connectivity index is 0.999. The summed E-state index contributed by atoms with van der Waals surface area (Å²) in [6, 6.07) is 78.2. The summed E-state index contributed by atoms with van der Waals surface area (Å²) in [6.45, 7) is 6.47. The van der Waals surface area contributed by atoms with Gasteiger partial charge in [0.25, 0.3) is 0 Å². The molecular formula is C75H44N2O2. The molecule has 0 amide bonds. The van der Waals surface area contributed by atoms with Crippen molar-refractivity contribution in [2.45, 2.75) is 6.92 Å². The molecule has 12 aromatic carbocycles. The average Bonchev–Trinajstić information content (AvgIpc) is 2.62. The Hall–Kier alpha value is -10.4. The molecule has 0 aliphatic carbocycles. The first-order valence-corrected chi connectivity index (χ1v) is 27.2. The molecule has 18 rings (SSSR count). The second-order valence-corrected chi connectivity index (χ2v) is 21.4. The van der Waals surface area contributed by atoms with Gasteiger partial charge in [0.2, 0.25) is 0 Å². The van der Waals surface area contributed by atoms with Gasteiger partial charge in [-0.1, -0.05) is 183 Å². The molecule has 4 heteroatoms. The van der Waals surface area contributed by atoms with E-state index in [0.717, 1.165) is 60.6 Å². The van der Waals surface area contributed by atoms with Gasteiger partial charge in [0.15, 0.2) is 0 Å². The van der Waals surface area contributed by atoms with Gasteiger partial charge < -0.3 is 17.6 Å². The fourth-order valence-corrected chi connectivity index (χ4v) is 14.2. The zero-order chi connectivity index (χ0) is 51.8. The number of hydrogen-bond donors (Lipinski definition) is 0. The van der Waals surface area contributed by atoms with Gasteiger partial charge in [-0.25, -0.2) is 0 Å². The van der Waals surface area contributed by atoms with Crippen molar-refractivity contribution in [3.8, 4) is 33.4 Å². The van der Waals surface area contributed by atoms with Crippen molar-refractivity contribution in [2.24, 2.45) is 0 Å². The quantitative estimate of drug-likeness (QED) is 0.156. The van der Waals surface area contributed by atoms with Crippen molar-refractivity contribution in [3.05, 3.63) is 249 Å². The summed E-state index contributed by atoms with van der Waals surface area (Å²) in [7, 11) is 0. The van der Waals surface area contributed by atoms with E-state index in [1.807, 2.05) is 6.08 Å². The van der Waals surface area contributed by atoms with E-state index in [4.69, 9.17) is 8.83 Å². The first kappa shape index (κ1) is 42.8. The lowest BCUT2D eigenvalue weighted by atomic mass is 9.88. The Labute approximate surface area is 451 Å². The highest BCUT2D eigenvalue weighted by Gasteiger charge is 2.32.